The van der Waals surface area contributed by atoms with Gasteiger partial charge in [0.25, 0.3) is 11.5 Å². The number of nitrogens with zero attached hydrogens (tertiary/aromatic N) is 2. The summed E-state index contributed by atoms with van der Waals surface area (Å²) in [6.45, 7) is 0.285. The first-order chi connectivity index (χ1) is 12.6. The van der Waals surface area contributed by atoms with Crippen LogP contribution >= 0.6 is 0 Å². The van der Waals surface area contributed by atoms with E-state index in [1.807, 2.05) is 0 Å². The number of hydroxylamine groups is 1. The molecule has 26 heavy (non-hydrogen) atoms. The van der Waals surface area contributed by atoms with Crippen LogP contribution in [0.5, 0.6) is 0 Å². The number of para-hydroxylation sites is 1. The highest BCUT2D eigenvalue weighted by molar-refractivity contribution is 5.93. The number of amides is 1. The third kappa shape index (κ3) is 2.72. The van der Waals surface area contributed by atoms with Crippen LogP contribution in [-0.4, -0.2) is 20.2 Å². The summed E-state index contributed by atoms with van der Waals surface area (Å²) in [5.41, 5.74) is 2.76. The van der Waals surface area contributed by atoms with Gasteiger partial charge in [-0.1, -0.05) is 24.3 Å². The first-order valence-electron chi connectivity index (χ1n) is 8.37. The summed E-state index contributed by atoms with van der Waals surface area (Å²) < 4.78 is 2.95. The molecule has 0 atom stereocenters. The smallest absolute Gasteiger partial charge is 0.289 e. The number of fused-ring (bicyclic) bond motifs is 1. The van der Waals surface area contributed by atoms with Gasteiger partial charge in [-0.05, 0) is 42.7 Å². The van der Waals surface area contributed by atoms with Crippen LogP contribution < -0.4 is 16.7 Å². The Morgan fingerprint density at radius 2 is 1.77 bits per heavy atom. The predicted octanol–water partition coefficient (Wildman–Crippen LogP) is 1.67. The molecule has 7 nitrogen and oxygen atoms in total. The van der Waals surface area contributed by atoms with E-state index in [0.29, 0.717) is 16.5 Å². The number of benzene rings is 2. The molecule has 4 rings (SSSR count). The number of hydrogen-bond donors (Lipinski definition) is 2. The normalized spacial score (nSPS) is 13.7. The largest absolute Gasteiger partial charge is 0.332 e. The highest BCUT2D eigenvalue weighted by Crippen LogP contribution is 2.32. The standard InChI is InChI=1S/C19H17N3O4/c23-17(20-26)13-7-5-12(6-8-13)11-21-16-4-2-1-3-15(16)18(24)22(19(21)25)14-9-10-14/h1-8,14,26H,9-11H2,(H,20,23). The third-order valence-corrected chi connectivity index (χ3v) is 4.65. The first-order valence-corrected chi connectivity index (χ1v) is 8.37. The van der Waals surface area contributed by atoms with E-state index in [4.69, 9.17) is 5.21 Å². The Morgan fingerprint density at radius 1 is 1.08 bits per heavy atom. The van der Waals surface area contributed by atoms with E-state index in [0.717, 1.165) is 18.4 Å². The molecular weight excluding hydrogens is 334 g/mol. The van der Waals surface area contributed by atoms with Crippen LogP contribution in [0.1, 0.15) is 34.8 Å². The number of carbonyl (C=O) groups excluding carboxylic acids is 1. The fourth-order valence-corrected chi connectivity index (χ4v) is 3.16. The maximum absolute atomic E-state index is 12.9. The maximum atomic E-state index is 12.9. The number of carbonyl (C=O) groups is 1. The van der Waals surface area contributed by atoms with E-state index >= 15 is 0 Å². The highest BCUT2D eigenvalue weighted by Gasteiger charge is 2.28. The molecule has 1 amide bonds. The molecule has 1 aromatic heterocycles. The summed E-state index contributed by atoms with van der Waals surface area (Å²) in [5.74, 6) is -0.596. The van der Waals surface area contributed by atoms with E-state index in [1.54, 1.807) is 58.6 Å². The van der Waals surface area contributed by atoms with Crippen molar-refractivity contribution in [2.75, 3.05) is 0 Å². The fraction of sp³-hybridized carbons (Fsp3) is 0.211. The Bertz CT molecular complexity index is 1110. The van der Waals surface area contributed by atoms with Gasteiger partial charge in [0, 0.05) is 11.6 Å². The lowest BCUT2D eigenvalue weighted by Crippen LogP contribution is -2.39. The average molecular weight is 351 g/mol. The number of rotatable bonds is 4. The molecule has 0 aliphatic heterocycles. The molecule has 0 unspecified atom stereocenters. The third-order valence-electron chi connectivity index (χ3n) is 4.65. The lowest BCUT2D eigenvalue weighted by Gasteiger charge is -2.14. The monoisotopic (exact) mass is 351 g/mol. The molecule has 1 aliphatic rings. The Balaban J connectivity index is 1.82. The second-order valence-corrected chi connectivity index (χ2v) is 6.43. The lowest BCUT2D eigenvalue weighted by molar-refractivity contribution is 0.0706. The van der Waals surface area contributed by atoms with Crippen molar-refractivity contribution in [3.63, 3.8) is 0 Å². The predicted molar refractivity (Wildman–Crippen MR) is 95.5 cm³/mol. The van der Waals surface area contributed by atoms with E-state index in [2.05, 4.69) is 0 Å². The average Bonchev–Trinajstić information content (AvgIpc) is 3.50. The molecule has 2 aromatic carbocycles. The van der Waals surface area contributed by atoms with Crippen LogP contribution in [0, 0.1) is 0 Å². The topological polar surface area (TPSA) is 93.3 Å². The van der Waals surface area contributed by atoms with Crippen molar-refractivity contribution in [1.29, 1.82) is 0 Å². The van der Waals surface area contributed by atoms with Crippen molar-refractivity contribution in [1.82, 2.24) is 14.6 Å². The fourth-order valence-electron chi connectivity index (χ4n) is 3.16. The molecule has 1 heterocycles. The van der Waals surface area contributed by atoms with Crippen molar-refractivity contribution in [2.24, 2.45) is 0 Å². The molecule has 0 spiro atoms. The molecule has 2 N–H and O–H groups in total. The van der Waals surface area contributed by atoms with Gasteiger partial charge < -0.3 is 0 Å². The molecule has 0 radical (unpaired) electrons. The summed E-state index contributed by atoms with van der Waals surface area (Å²) >= 11 is 0. The van der Waals surface area contributed by atoms with Gasteiger partial charge in [0.05, 0.1) is 17.4 Å². The molecule has 1 fully saturated rings. The van der Waals surface area contributed by atoms with Gasteiger partial charge in [0.1, 0.15) is 0 Å². The zero-order valence-electron chi connectivity index (χ0n) is 13.9. The van der Waals surface area contributed by atoms with Gasteiger partial charge in [0.2, 0.25) is 0 Å². The van der Waals surface area contributed by atoms with Gasteiger partial charge >= 0.3 is 5.69 Å². The van der Waals surface area contributed by atoms with Crippen LogP contribution in [-0.2, 0) is 6.54 Å². The minimum Gasteiger partial charge on any atom is -0.289 e. The van der Waals surface area contributed by atoms with Crippen molar-refractivity contribution < 1.29 is 10.0 Å². The van der Waals surface area contributed by atoms with Gasteiger partial charge in [-0.3, -0.25) is 23.9 Å². The van der Waals surface area contributed by atoms with Gasteiger partial charge in [-0.25, -0.2) is 10.3 Å². The Kier molecular flexibility index (Phi) is 3.93. The minimum absolute atomic E-state index is 0.0125. The zero-order chi connectivity index (χ0) is 18.3. The van der Waals surface area contributed by atoms with E-state index in [-0.39, 0.29) is 23.8 Å². The zero-order valence-corrected chi connectivity index (χ0v) is 13.9. The maximum Gasteiger partial charge on any atom is 0.332 e. The van der Waals surface area contributed by atoms with Crippen molar-refractivity contribution in [3.05, 3.63) is 80.5 Å². The van der Waals surface area contributed by atoms with Crippen molar-refractivity contribution in [3.8, 4) is 0 Å². The van der Waals surface area contributed by atoms with E-state index < -0.39 is 5.91 Å². The van der Waals surface area contributed by atoms with Crippen molar-refractivity contribution in [2.45, 2.75) is 25.4 Å². The van der Waals surface area contributed by atoms with Gasteiger partial charge in [-0.2, -0.15) is 0 Å². The van der Waals surface area contributed by atoms with Crippen LogP contribution in [0.15, 0.2) is 58.1 Å². The molecule has 0 bridgehead atoms. The molecule has 0 saturated heterocycles. The summed E-state index contributed by atoms with van der Waals surface area (Å²) in [7, 11) is 0. The summed E-state index contributed by atoms with van der Waals surface area (Å²) in [5, 5.41) is 9.21. The van der Waals surface area contributed by atoms with Crippen LogP contribution in [0.2, 0.25) is 0 Å². The Labute approximate surface area is 148 Å². The SMILES string of the molecule is O=C(NO)c1ccc(Cn2c(=O)n(C3CC3)c(=O)c3ccccc32)cc1. The van der Waals surface area contributed by atoms with Gasteiger partial charge in [0.15, 0.2) is 0 Å². The first kappa shape index (κ1) is 16.3. The molecular formula is C19H17N3O4. The molecule has 1 aliphatic carbocycles. The molecule has 3 aromatic rings. The highest BCUT2D eigenvalue weighted by atomic mass is 16.5. The molecule has 132 valence electrons. The second kappa shape index (κ2) is 6.27. The lowest BCUT2D eigenvalue weighted by atomic mass is 10.1. The number of hydrogen-bond acceptors (Lipinski definition) is 4. The van der Waals surface area contributed by atoms with E-state index in [9.17, 15) is 14.4 Å². The summed E-state index contributed by atoms with van der Waals surface area (Å²) in [6, 6.07) is 13.7. The molecule has 1 saturated carbocycles. The Hall–Kier alpha value is -3.19. The number of nitrogens with one attached hydrogen (secondary N) is 1. The quantitative estimate of drug-likeness (QED) is 0.552. The van der Waals surface area contributed by atoms with E-state index in [1.165, 1.54) is 4.57 Å². The van der Waals surface area contributed by atoms with Crippen molar-refractivity contribution >= 4 is 16.8 Å². The Morgan fingerprint density at radius 3 is 2.42 bits per heavy atom. The summed E-state index contributed by atoms with van der Waals surface area (Å²) in [4.78, 5) is 37.0. The minimum atomic E-state index is -0.596. The van der Waals surface area contributed by atoms with Crippen LogP contribution in [0.3, 0.4) is 0 Å². The van der Waals surface area contributed by atoms with Crippen LogP contribution in [0.4, 0.5) is 0 Å². The van der Waals surface area contributed by atoms with Gasteiger partial charge in [-0.15, -0.1) is 0 Å². The summed E-state index contributed by atoms with van der Waals surface area (Å²) in [6.07, 6.45) is 1.69. The molecule has 7 heteroatoms. The second-order valence-electron chi connectivity index (χ2n) is 6.43. The number of aromatic nitrogens is 2. The van der Waals surface area contributed by atoms with Crippen LogP contribution in [0.25, 0.3) is 10.9 Å².